The number of benzene rings is 8. The van der Waals surface area contributed by atoms with E-state index in [9.17, 15) is 0 Å². The minimum absolute atomic E-state index is 0.811. The van der Waals surface area contributed by atoms with E-state index in [4.69, 9.17) is 8.83 Å². The molecule has 0 unspecified atom stereocenters. The second-order valence-corrected chi connectivity index (χ2v) is 14.1. The maximum absolute atomic E-state index is 6.19. The van der Waals surface area contributed by atoms with Crippen LogP contribution in [0.15, 0.2) is 179 Å². The number of hydrogen-bond acceptors (Lipinski definition) is 2. The molecule has 4 aromatic heterocycles. The summed E-state index contributed by atoms with van der Waals surface area (Å²) in [5.74, 6) is 0. The molecule has 4 heteroatoms. The summed E-state index contributed by atoms with van der Waals surface area (Å²) in [4.78, 5) is 0. The van der Waals surface area contributed by atoms with E-state index in [1.54, 1.807) is 0 Å². The fraction of sp³-hybridized carbons (Fsp3) is 0.0204. The average molecular weight is 679 g/mol. The van der Waals surface area contributed by atoms with Crippen LogP contribution >= 0.6 is 0 Å². The van der Waals surface area contributed by atoms with Crippen molar-refractivity contribution in [3.8, 4) is 11.4 Å². The Kier molecular flexibility index (Phi) is 5.80. The summed E-state index contributed by atoms with van der Waals surface area (Å²) in [6.45, 7) is 0. The Morgan fingerprint density at radius 1 is 0.302 bits per heavy atom. The van der Waals surface area contributed by atoms with Gasteiger partial charge in [0.05, 0.1) is 22.1 Å². The molecule has 0 aliphatic carbocycles. The lowest BCUT2D eigenvalue weighted by Gasteiger charge is -2.11. The minimum atomic E-state index is 0.811. The van der Waals surface area contributed by atoms with E-state index in [1.165, 1.54) is 54.7 Å². The van der Waals surface area contributed by atoms with Crippen LogP contribution in [0.2, 0.25) is 0 Å². The summed E-state index contributed by atoms with van der Waals surface area (Å²) in [5.41, 5.74) is 13.2. The Bertz CT molecular complexity index is 3210. The third-order valence-electron chi connectivity index (χ3n) is 11.1. The highest BCUT2D eigenvalue weighted by Crippen LogP contribution is 2.38. The zero-order chi connectivity index (χ0) is 34.6. The van der Waals surface area contributed by atoms with Crippen LogP contribution in [0.4, 0.5) is 0 Å². The lowest BCUT2D eigenvalue weighted by atomic mass is 10.0. The van der Waals surface area contributed by atoms with Crippen LogP contribution in [0.3, 0.4) is 0 Å². The number of furan rings is 2. The van der Waals surface area contributed by atoms with Crippen molar-refractivity contribution in [3.05, 3.63) is 181 Å². The number of rotatable bonds is 4. The van der Waals surface area contributed by atoms with Crippen LogP contribution in [0.25, 0.3) is 98.9 Å². The van der Waals surface area contributed by atoms with Crippen molar-refractivity contribution >= 4 is 87.5 Å². The number of aromatic nitrogens is 2. The first-order valence-electron chi connectivity index (χ1n) is 18.1. The molecule has 0 spiro atoms. The van der Waals surface area contributed by atoms with Gasteiger partial charge < -0.3 is 18.0 Å². The van der Waals surface area contributed by atoms with Gasteiger partial charge in [-0.05, 0) is 90.3 Å². The smallest absolute Gasteiger partial charge is 0.135 e. The minimum Gasteiger partial charge on any atom is -0.456 e. The lowest BCUT2D eigenvalue weighted by molar-refractivity contribution is 0.668. The summed E-state index contributed by atoms with van der Waals surface area (Å²) in [5, 5.41) is 9.53. The predicted molar refractivity (Wildman–Crippen MR) is 219 cm³/mol. The number of fused-ring (bicyclic) bond motifs is 12. The summed E-state index contributed by atoms with van der Waals surface area (Å²) >= 11 is 0. The van der Waals surface area contributed by atoms with Crippen LogP contribution in [0.1, 0.15) is 11.1 Å². The molecule has 0 aliphatic heterocycles. The Hall–Kier alpha value is -7.04. The van der Waals surface area contributed by atoms with E-state index in [1.807, 2.05) is 24.3 Å². The van der Waals surface area contributed by atoms with Crippen LogP contribution in [0, 0.1) is 0 Å². The first kappa shape index (κ1) is 28.6. The van der Waals surface area contributed by atoms with Crippen molar-refractivity contribution in [1.82, 2.24) is 9.13 Å². The highest BCUT2D eigenvalue weighted by molar-refractivity contribution is 6.12. The molecule has 0 saturated carbocycles. The normalized spacial score (nSPS) is 12.2. The first-order chi connectivity index (χ1) is 26.2. The summed E-state index contributed by atoms with van der Waals surface area (Å²) < 4.78 is 17.2. The van der Waals surface area contributed by atoms with E-state index >= 15 is 0 Å². The molecule has 0 fully saturated rings. The first-order valence-corrected chi connectivity index (χ1v) is 18.1. The molecular formula is C49H30N2O2. The molecule has 0 aliphatic rings. The molecule has 0 N–H and O–H groups in total. The van der Waals surface area contributed by atoms with Gasteiger partial charge in [-0.2, -0.15) is 0 Å². The monoisotopic (exact) mass is 678 g/mol. The molecule has 0 amide bonds. The average Bonchev–Trinajstić information content (AvgIpc) is 3.94. The van der Waals surface area contributed by atoms with Gasteiger partial charge in [0.15, 0.2) is 0 Å². The Labute approximate surface area is 303 Å². The highest BCUT2D eigenvalue weighted by Gasteiger charge is 2.17. The van der Waals surface area contributed by atoms with Gasteiger partial charge in [-0.1, -0.05) is 97.1 Å². The van der Waals surface area contributed by atoms with Gasteiger partial charge in [0.25, 0.3) is 0 Å². The lowest BCUT2D eigenvalue weighted by Crippen LogP contribution is -1.96. The summed E-state index contributed by atoms with van der Waals surface area (Å²) in [6.07, 6.45) is 0.811. The fourth-order valence-corrected chi connectivity index (χ4v) is 8.75. The van der Waals surface area contributed by atoms with Crippen molar-refractivity contribution in [3.63, 3.8) is 0 Å². The van der Waals surface area contributed by atoms with Gasteiger partial charge in [-0.3, -0.25) is 0 Å². The van der Waals surface area contributed by atoms with Gasteiger partial charge in [-0.25, -0.2) is 0 Å². The molecule has 12 rings (SSSR count). The Morgan fingerprint density at radius 3 is 1.19 bits per heavy atom. The van der Waals surface area contributed by atoms with Crippen molar-refractivity contribution in [1.29, 1.82) is 0 Å². The molecule has 0 saturated heterocycles. The van der Waals surface area contributed by atoms with Crippen LogP contribution in [-0.2, 0) is 6.42 Å². The standard InChI is InChI=1S/C49H30N2O2/c1-5-13-42-34(9-1)36-21-17-30(26-44(36)50(42)32-19-23-48-40(28-32)38-11-3-7-15-46(38)52-48)25-31-18-22-37-35-10-2-6-14-43(35)51(45(37)27-31)33-20-24-49-41(29-33)39-12-4-8-16-47(39)53-49/h1-24,26-29H,25H2. The third-order valence-corrected chi connectivity index (χ3v) is 11.1. The molecule has 0 radical (unpaired) electrons. The summed E-state index contributed by atoms with van der Waals surface area (Å²) in [6, 6.07) is 61.1. The Balaban J connectivity index is 1.01. The number of para-hydroxylation sites is 4. The summed E-state index contributed by atoms with van der Waals surface area (Å²) in [7, 11) is 0. The topological polar surface area (TPSA) is 36.1 Å². The molecular weight excluding hydrogens is 649 g/mol. The van der Waals surface area contributed by atoms with E-state index in [0.29, 0.717) is 0 Å². The van der Waals surface area contributed by atoms with Gasteiger partial charge in [0.2, 0.25) is 0 Å². The molecule has 0 atom stereocenters. The molecule has 12 aromatic rings. The fourth-order valence-electron chi connectivity index (χ4n) is 8.75. The van der Waals surface area contributed by atoms with E-state index < -0.39 is 0 Å². The quantitative estimate of drug-likeness (QED) is 0.186. The van der Waals surface area contributed by atoms with Crippen molar-refractivity contribution in [2.24, 2.45) is 0 Å². The van der Waals surface area contributed by atoms with Gasteiger partial charge in [0.1, 0.15) is 22.3 Å². The molecule has 0 bridgehead atoms. The van der Waals surface area contributed by atoms with Crippen LogP contribution in [-0.4, -0.2) is 9.13 Å². The zero-order valence-electron chi connectivity index (χ0n) is 28.6. The largest absolute Gasteiger partial charge is 0.456 e. The highest BCUT2D eigenvalue weighted by atomic mass is 16.3. The number of nitrogens with zero attached hydrogens (tertiary/aromatic N) is 2. The van der Waals surface area contributed by atoms with Gasteiger partial charge in [0, 0.05) is 54.5 Å². The molecule has 248 valence electrons. The maximum Gasteiger partial charge on any atom is 0.135 e. The zero-order valence-corrected chi connectivity index (χ0v) is 28.6. The van der Waals surface area contributed by atoms with E-state index in [-0.39, 0.29) is 0 Å². The number of hydrogen-bond donors (Lipinski definition) is 0. The predicted octanol–water partition coefficient (Wildman–Crippen LogP) is 13.3. The SMILES string of the molecule is c1ccc2c(c1)oc1ccc(-n3c4ccccc4c4ccc(Cc5ccc6c7ccccc7n(-c7ccc8oc9ccccc9c8c7)c6c5)cc43)cc12. The third kappa shape index (κ3) is 4.18. The molecule has 8 aromatic carbocycles. The van der Waals surface area contributed by atoms with Gasteiger partial charge >= 0.3 is 0 Å². The maximum atomic E-state index is 6.19. The Morgan fingerprint density at radius 2 is 0.698 bits per heavy atom. The molecule has 4 nitrogen and oxygen atoms in total. The van der Waals surface area contributed by atoms with Gasteiger partial charge in [-0.15, -0.1) is 0 Å². The second kappa shape index (κ2) is 10.7. The van der Waals surface area contributed by atoms with E-state index in [0.717, 1.165) is 61.7 Å². The molecule has 4 heterocycles. The van der Waals surface area contributed by atoms with Crippen molar-refractivity contribution in [2.45, 2.75) is 6.42 Å². The van der Waals surface area contributed by atoms with Crippen molar-refractivity contribution in [2.75, 3.05) is 0 Å². The second-order valence-electron chi connectivity index (χ2n) is 14.1. The van der Waals surface area contributed by atoms with Crippen LogP contribution in [0.5, 0.6) is 0 Å². The van der Waals surface area contributed by atoms with Crippen molar-refractivity contribution < 1.29 is 8.83 Å². The molecule has 53 heavy (non-hydrogen) atoms. The van der Waals surface area contributed by atoms with E-state index in [2.05, 4.69) is 155 Å². The van der Waals surface area contributed by atoms with Crippen LogP contribution < -0.4 is 0 Å².